The zero-order chi connectivity index (χ0) is 24.7. The number of sulfonamides is 1. The molecule has 3 aromatic carbocycles. The minimum absolute atomic E-state index is 0.0477. The highest BCUT2D eigenvalue weighted by Gasteiger charge is 2.28. The summed E-state index contributed by atoms with van der Waals surface area (Å²) in [5, 5.41) is 13.8. The van der Waals surface area contributed by atoms with Crippen LogP contribution in [0.5, 0.6) is 0 Å². The molecular formula is C23H21N3O7S. The summed E-state index contributed by atoms with van der Waals surface area (Å²) in [6.45, 7) is 1.19. The van der Waals surface area contributed by atoms with Crippen molar-refractivity contribution in [2.24, 2.45) is 0 Å². The molecule has 0 saturated carbocycles. The van der Waals surface area contributed by atoms with E-state index < -0.39 is 33.4 Å². The Kier molecular flexibility index (Phi) is 7.59. The summed E-state index contributed by atoms with van der Waals surface area (Å²) in [6, 6.07) is 18.4. The van der Waals surface area contributed by atoms with E-state index in [0.29, 0.717) is 0 Å². The molecule has 0 aliphatic heterocycles. The summed E-state index contributed by atoms with van der Waals surface area (Å²) in [5.74, 6) is -1.28. The monoisotopic (exact) mass is 483 g/mol. The minimum Gasteiger partial charge on any atom is -0.462 e. The molecule has 0 fully saturated rings. The number of benzene rings is 3. The lowest BCUT2D eigenvalue weighted by Gasteiger charge is -2.24. The maximum Gasteiger partial charge on any atom is 0.338 e. The van der Waals surface area contributed by atoms with Gasteiger partial charge in [-0.3, -0.25) is 19.2 Å². The molecule has 3 aromatic rings. The zero-order valence-electron chi connectivity index (χ0n) is 18.1. The number of nitrogens with zero attached hydrogens (tertiary/aromatic N) is 2. The van der Waals surface area contributed by atoms with Crippen molar-refractivity contribution in [3.05, 3.63) is 94.5 Å². The second kappa shape index (κ2) is 10.6. The summed E-state index contributed by atoms with van der Waals surface area (Å²) in [5.41, 5.74) is 0.0977. The third-order valence-electron chi connectivity index (χ3n) is 4.60. The molecule has 0 bridgehead atoms. The minimum atomic E-state index is -4.24. The quantitative estimate of drug-likeness (QED) is 0.279. The van der Waals surface area contributed by atoms with Crippen molar-refractivity contribution >= 4 is 39.0 Å². The number of non-ortho nitro benzene ring substituents is 1. The fourth-order valence-corrected chi connectivity index (χ4v) is 4.50. The highest BCUT2D eigenvalue weighted by atomic mass is 32.2. The summed E-state index contributed by atoms with van der Waals surface area (Å²) in [6.07, 6.45) is 0. The van der Waals surface area contributed by atoms with Crippen LogP contribution in [0.15, 0.2) is 83.8 Å². The molecule has 0 unspecified atom stereocenters. The maximum atomic E-state index is 13.3. The first-order valence-corrected chi connectivity index (χ1v) is 11.6. The molecule has 0 spiro atoms. The Morgan fingerprint density at radius 1 is 1.00 bits per heavy atom. The van der Waals surface area contributed by atoms with Crippen LogP contribution in [-0.4, -0.2) is 38.4 Å². The van der Waals surface area contributed by atoms with Crippen molar-refractivity contribution in [3.8, 4) is 0 Å². The topological polar surface area (TPSA) is 136 Å². The highest BCUT2D eigenvalue weighted by molar-refractivity contribution is 7.92. The van der Waals surface area contributed by atoms with E-state index in [0.717, 1.165) is 10.4 Å². The van der Waals surface area contributed by atoms with Crippen LogP contribution in [0, 0.1) is 10.1 Å². The number of nitro benzene ring substituents is 1. The molecule has 0 atom stereocenters. The predicted molar refractivity (Wildman–Crippen MR) is 125 cm³/mol. The third-order valence-corrected chi connectivity index (χ3v) is 6.39. The normalized spacial score (nSPS) is 10.9. The molecule has 0 aliphatic carbocycles. The van der Waals surface area contributed by atoms with Gasteiger partial charge in [-0.05, 0) is 43.3 Å². The molecule has 0 radical (unpaired) electrons. The van der Waals surface area contributed by atoms with Crippen LogP contribution in [0.2, 0.25) is 0 Å². The largest absolute Gasteiger partial charge is 0.462 e. The first kappa shape index (κ1) is 24.4. The average Bonchev–Trinajstić information content (AvgIpc) is 2.83. The van der Waals surface area contributed by atoms with Gasteiger partial charge in [0, 0.05) is 17.8 Å². The lowest BCUT2D eigenvalue weighted by atomic mass is 10.2. The fraction of sp³-hybridized carbons (Fsp3) is 0.130. The maximum absolute atomic E-state index is 13.3. The van der Waals surface area contributed by atoms with Gasteiger partial charge in [0.25, 0.3) is 15.7 Å². The van der Waals surface area contributed by atoms with Crippen molar-refractivity contribution in [2.45, 2.75) is 11.8 Å². The number of rotatable bonds is 9. The number of amides is 1. The van der Waals surface area contributed by atoms with Gasteiger partial charge in [0.2, 0.25) is 5.91 Å². The zero-order valence-corrected chi connectivity index (χ0v) is 18.9. The van der Waals surface area contributed by atoms with Gasteiger partial charge < -0.3 is 10.1 Å². The Labute approximate surface area is 196 Å². The first-order valence-electron chi connectivity index (χ1n) is 10.1. The Morgan fingerprint density at radius 2 is 1.71 bits per heavy atom. The summed E-state index contributed by atoms with van der Waals surface area (Å²) in [4.78, 5) is 35.2. The Bertz CT molecular complexity index is 1310. The Hall–Kier alpha value is -4.25. The van der Waals surface area contributed by atoms with Crippen molar-refractivity contribution in [2.75, 3.05) is 22.8 Å². The molecule has 0 heterocycles. The smallest absolute Gasteiger partial charge is 0.338 e. The molecule has 1 N–H and O–H groups in total. The number of hydrogen-bond donors (Lipinski definition) is 1. The van der Waals surface area contributed by atoms with Gasteiger partial charge in [-0.2, -0.15) is 0 Å². The van der Waals surface area contributed by atoms with Crippen LogP contribution in [-0.2, 0) is 19.6 Å². The molecule has 3 rings (SSSR count). The number of hydrogen-bond acceptors (Lipinski definition) is 7. The second-order valence-corrected chi connectivity index (χ2v) is 8.81. The molecule has 34 heavy (non-hydrogen) atoms. The number of nitrogens with one attached hydrogen (secondary N) is 1. The van der Waals surface area contributed by atoms with Crippen LogP contribution in [0.4, 0.5) is 17.1 Å². The number of carbonyl (C=O) groups is 2. The predicted octanol–water partition coefficient (Wildman–Crippen LogP) is 3.61. The number of ether oxygens (including phenoxy) is 1. The molecule has 1 amide bonds. The lowest BCUT2D eigenvalue weighted by Crippen LogP contribution is -2.38. The Morgan fingerprint density at radius 3 is 2.38 bits per heavy atom. The molecule has 10 nitrogen and oxygen atoms in total. The SMILES string of the molecule is CCOC(=O)c1cccc(NC(=O)CN(c2cccc([N+](=O)[O-])c2)S(=O)(=O)c2ccccc2)c1. The van der Waals surface area contributed by atoms with Crippen LogP contribution in [0.25, 0.3) is 0 Å². The number of nitro groups is 1. The molecular weight excluding hydrogens is 462 g/mol. The van der Waals surface area contributed by atoms with Crippen molar-refractivity contribution < 1.29 is 27.7 Å². The molecule has 0 saturated heterocycles. The van der Waals surface area contributed by atoms with Gasteiger partial charge in [0.15, 0.2) is 0 Å². The molecule has 0 aromatic heterocycles. The summed E-state index contributed by atoms with van der Waals surface area (Å²) >= 11 is 0. The molecule has 11 heteroatoms. The van der Waals surface area contributed by atoms with Gasteiger partial charge in [0.1, 0.15) is 6.54 Å². The van der Waals surface area contributed by atoms with E-state index in [1.807, 2.05) is 0 Å². The standard InChI is InChI=1S/C23H21N3O7S/c1-2-33-23(28)17-8-6-9-18(14-17)24-22(27)16-25(19-10-7-11-20(15-19)26(29)30)34(31,32)21-12-4-3-5-13-21/h3-15H,2,16H2,1H3,(H,24,27). The van der Waals surface area contributed by atoms with E-state index >= 15 is 0 Å². The fourth-order valence-electron chi connectivity index (χ4n) is 3.07. The van der Waals surface area contributed by atoms with Crippen molar-refractivity contribution in [3.63, 3.8) is 0 Å². The van der Waals surface area contributed by atoms with Gasteiger partial charge in [-0.1, -0.05) is 30.3 Å². The van der Waals surface area contributed by atoms with Gasteiger partial charge in [0.05, 0.1) is 27.7 Å². The van der Waals surface area contributed by atoms with E-state index in [4.69, 9.17) is 4.74 Å². The Balaban J connectivity index is 1.93. The van der Waals surface area contributed by atoms with Crippen LogP contribution >= 0.6 is 0 Å². The van der Waals surface area contributed by atoms with Gasteiger partial charge >= 0.3 is 5.97 Å². The summed E-state index contributed by atoms with van der Waals surface area (Å²) < 4.78 is 32.4. The van der Waals surface area contributed by atoms with Gasteiger partial charge in [-0.15, -0.1) is 0 Å². The van der Waals surface area contributed by atoms with Crippen molar-refractivity contribution in [1.82, 2.24) is 0 Å². The van der Waals surface area contributed by atoms with Crippen molar-refractivity contribution in [1.29, 1.82) is 0 Å². The summed E-state index contributed by atoms with van der Waals surface area (Å²) in [7, 11) is -4.24. The average molecular weight is 484 g/mol. The van der Waals surface area contributed by atoms with E-state index in [1.165, 1.54) is 60.7 Å². The number of esters is 1. The molecule has 0 aliphatic rings. The van der Waals surface area contributed by atoms with Crippen LogP contribution in [0.3, 0.4) is 0 Å². The molecule has 176 valence electrons. The number of carbonyl (C=O) groups excluding carboxylic acids is 2. The van der Waals surface area contributed by atoms with Gasteiger partial charge in [-0.25, -0.2) is 13.2 Å². The van der Waals surface area contributed by atoms with E-state index in [1.54, 1.807) is 19.1 Å². The first-order chi connectivity index (χ1) is 16.2. The van der Waals surface area contributed by atoms with E-state index in [-0.39, 0.29) is 34.1 Å². The van der Waals surface area contributed by atoms with E-state index in [9.17, 15) is 28.1 Å². The number of anilines is 2. The second-order valence-electron chi connectivity index (χ2n) is 6.95. The van der Waals surface area contributed by atoms with Crippen LogP contribution < -0.4 is 9.62 Å². The third kappa shape index (κ3) is 5.75. The lowest BCUT2D eigenvalue weighted by molar-refractivity contribution is -0.384. The van der Waals surface area contributed by atoms with E-state index in [2.05, 4.69) is 5.32 Å². The van der Waals surface area contributed by atoms with Crippen LogP contribution in [0.1, 0.15) is 17.3 Å². The highest BCUT2D eigenvalue weighted by Crippen LogP contribution is 2.27.